The van der Waals surface area contributed by atoms with Crippen molar-refractivity contribution in [2.24, 2.45) is 16.5 Å². The Morgan fingerprint density at radius 3 is 2.89 bits per heavy atom. The number of aliphatic imine (C=N–C) groups is 1. The van der Waals surface area contributed by atoms with Crippen LogP contribution in [0.3, 0.4) is 0 Å². The van der Waals surface area contributed by atoms with Gasteiger partial charge in [0.1, 0.15) is 11.5 Å². The van der Waals surface area contributed by atoms with Gasteiger partial charge in [0.25, 0.3) is 0 Å². The van der Waals surface area contributed by atoms with E-state index >= 15 is 0 Å². The minimum Gasteiger partial charge on any atom is -0.464 e. The zero-order valence-corrected chi connectivity index (χ0v) is 11.1. The molecule has 0 saturated carbocycles. The molecule has 18 heavy (non-hydrogen) atoms. The van der Waals surface area contributed by atoms with Gasteiger partial charge in [-0.2, -0.15) is 17.0 Å². The molecule has 1 heterocycles. The van der Waals surface area contributed by atoms with Crippen LogP contribution in [0.25, 0.3) is 0 Å². The normalized spacial score (nSPS) is 11.3. The minimum atomic E-state index is 0.238. The molecule has 0 aromatic carbocycles. The molecule has 0 fully saturated rings. The van der Waals surface area contributed by atoms with Crippen LogP contribution < -0.4 is 11.5 Å². The summed E-state index contributed by atoms with van der Waals surface area (Å²) in [5, 5.41) is 8.57. The van der Waals surface area contributed by atoms with Crippen molar-refractivity contribution in [2.45, 2.75) is 12.3 Å². The summed E-state index contributed by atoms with van der Waals surface area (Å²) < 4.78 is 5.46. The van der Waals surface area contributed by atoms with Gasteiger partial charge in [-0.25, -0.2) is 0 Å². The molecule has 98 valence electrons. The number of nitrogens with zero attached hydrogens (tertiary/aromatic N) is 3. The van der Waals surface area contributed by atoms with Gasteiger partial charge >= 0.3 is 0 Å². The molecule has 0 atom stereocenters. The largest absolute Gasteiger partial charge is 0.464 e. The van der Waals surface area contributed by atoms with Crippen LogP contribution in [0.4, 0.5) is 0 Å². The topological polar surface area (TPSA) is 105 Å². The number of hydrogen-bond acceptors (Lipinski definition) is 5. The Morgan fingerprint density at radius 2 is 2.28 bits per heavy atom. The van der Waals surface area contributed by atoms with Crippen molar-refractivity contribution in [2.75, 3.05) is 19.3 Å². The highest BCUT2D eigenvalue weighted by Crippen LogP contribution is 2.14. The minimum absolute atomic E-state index is 0.238. The molecule has 0 aliphatic rings. The van der Waals surface area contributed by atoms with E-state index in [4.69, 9.17) is 21.1 Å². The Balaban J connectivity index is 2.21. The number of thioether (sulfide) groups is 1. The summed E-state index contributed by atoms with van der Waals surface area (Å²) in [4.78, 5) is 5.30. The second-order valence-corrected chi connectivity index (χ2v) is 4.63. The van der Waals surface area contributed by atoms with Crippen molar-refractivity contribution < 1.29 is 4.42 Å². The zero-order chi connectivity index (χ0) is 13.4. The Labute approximate surface area is 111 Å². The average Bonchev–Trinajstić information content (AvgIpc) is 2.85. The Kier molecular flexibility index (Phi) is 6.11. The molecule has 1 rings (SSSR count). The van der Waals surface area contributed by atoms with Crippen molar-refractivity contribution in [1.29, 1.82) is 5.26 Å². The predicted octanol–water partition coefficient (Wildman–Crippen LogP) is 0.699. The van der Waals surface area contributed by atoms with E-state index in [-0.39, 0.29) is 5.96 Å². The molecule has 0 aliphatic carbocycles. The number of nitrogens with two attached hydrogens (primary N) is 2. The summed E-state index contributed by atoms with van der Waals surface area (Å²) in [6.45, 7) is 0.999. The molecule has 0 amide bonds. The maximum absolute atomic E-state index is 8.57. The molecule has 0 radical (unpaired) electrons. The fraction of sp³-hybridized carbons (Fsp3) is 0.455. The highest BCUT2D eigenvalue weighted by atomic mass is 32.2. The van der Waals surface area contributed by atoms with Gasteiger partial charge in [-0.1, -0.05) is 0 Å². The van der Waals surface area contributed by atoms with E-state index in [0.717, 1.165) is 23.0 Å². The molecule has 0 aliphatic heterocycles. The third-order valence-electron chi connectivity index (χ3n) is 2.17. The van der Waals surface area contributed by atoms with E-state index in [1.165, 1.54) is 4.90 Å². The summed E-state index contributed by atoms with van der Waals surface area (Å²) in [5.74, 6) is 3.54. The monoisotopic (exact) mass is 267 g/mol. The summed E-state index contributed by atoms with van der Waals surface area (Å²) >= 11 is 1.69. The zero-order valence-electron chi connectivity index (χ0n) is 10.3. The van der Waals surface area contributed by atoms with Gasteiger partial charge in [-0.15, -0.1) is 0 Å². The number of furan rings is 1. The molecule has 1 aromatic heterocycles. The number of hydrogen-bond donors (Lipinski definition) is 2. The first-order valence-corrected chi connectivity index (χ1v) is 6.61. The first-order chi connectivity index (χ1) is 8.67. The standard InChI is InChI=1S/C11H17N5OS/c1-16(8-13)11(14)15-4-5-18-7-10-3-2-9(6-12)17-10/h2-3H,4-7,12H2,1H3,(H2,14,15). The van der Waals surface area contributed by atoms with Crippen LogP contribution in [-0.2, 0) is 12.3 Å². The van der Waals surface area contributed by atoms with Crippen LogP contribution in [0.1, 0.15) is 11.5 Å². The summed E-state index contributed by atoms with van der Waals surface area (Å²) in [6.07, 6.45) is 1.88. The maximum atomic E-state index is 8.57. The van der Waals surface area contributed by atoms with Crippen LogP contribution in [0.5, 0.6) is 0 Å². The highest BCUT2D eigenvalue weighted by molar-refractivity contribution is 7.98. The van der Waals surface area contributed by atoms with Gasteiger partial charge < -0.3 is 15.9 Å². The summed E-state index contributed by atoms with van der Waals surface area (Å²) in [7, 11) is 1.57. The van der Waals surface area contributed by atoms with Crippen molar-refractivity contribution in [3.05, 3.63) is 23.7 Å². The van der Waals surface area contributed by atoms with Gasteiger partial charge in [0.2, 0.25) is 5.96 Å². The maximum Gasteiger partial charge on any atom is 0.204 e. The highest BCUT2D eigenvalue weighted by Gasteiger charge is 2.01. The third kappa shape index (κ3) is 4.69. The van der Waals surface area contributed by atoms with E-state index in [0.29, 0.717) is 13.1 Å². The van der Waals surface area contributed by atoms with E-state index < -0.39 is 0 Å². The smallest absolute Gasteiger partial charge is 0.204 e. The second kappa shape index (κ2) is 7.63. The lowest BCUT2D eigenvalue weighted by Gasteiger charge is -2.06. The Hall–Kier alpha value is -1.65. The molecule has 1 aromatic rings. The first-order valence-electron chi connectivity index (χ1n) is 5.46. The van der Waals surface area contributed by atoms with E-state index in [1.807, 2.05) is 18.3 Å². The summed E-state index contributed by atoms with van der Waals surface area (Å²) in [5.41, 5.74) is 11.0. The molecule has 0 unspecified atom stereocenters. The van der Waals surface area contributed by atoms with E-state index in [1.54, 1.807) is 18.8 Å². The van der Waals surface area contributed by atoms with Crippen LogP contribution in [-0.4, -0.2) is 30.2 Å². The van der Waals surface area contributed by atoms with Crippen LogP contribution >= 0.6 is 11.8 Å². The van der Waals surface area contributed by atoms with Crippen molar-refractivity contribution in [3.63, 3.8) is 0 Å². The van der Waals surface area contributed by atoms with Crippen molar-refractivity contribution in [3.8, 4) is 6.19 Å². The van der Waals surface area contributed by atoms with Crippen LogP contribution in [0, 0.1) is 11.5 Å². The summed E-state index contributed by atoms with van der Waals surface area (Å²) in [6, 6.07) is 3.81. The molecule has 6 nitrogen and oxygen atoms in total. The molecule has 4 N–H and O–H groups in total. The lowest BCUT2D eigenvalue weighted by molar-refractivity contribution is 0.482. The van der Waals surface area contributed by atoms with Crippen LogP contribution in [0.2, 0.25) is 0 Å². The molecule has 0 bridgehead atoms. The Morgan fingerprint density at radius 1 is 1.56 bits per heavy atom. The number of guanidine groups is 1. The number of nitriles is 1. The van der Waals surface area contributed by atoms with Gasteiger partial charge in [-0.3, -0.25) is 9.89 Å². The molecule has 0 spiro atoms. The average molecular weight is 267 g/mol. The quantitative estimate of drug-likeness (QED) is 0.258. The predicted molar refractivity (Wildman–Crippen MR) is 72.6 cm³/mol. The number of rotatable bonds is 6. The fourth-order valence-corrected chi connectivity index (χ4v) is 1.89. The third-order valence-corrected chi connectivity index (χ3v) is 3.13. The SMILES string of the molecule is CN(C#N)C(N)=NCCSCc1ccc(CN)o1. The first kappa shape index (κ1) is 14.4. The second-order valence-electron chi connectivity index (χ2n) is 3.52. The molecular formula is C11H17N5OS. The van der Waals surface area contributed by atoms with E-state index in [2.05, 4.69) is 4.99 Å². The van der Waals surface area contributed by atoms with Gasteiger partial charge in [0, 0.05) is 12.8 Å². The molecule has 7 heteroatoms. The van der Waals surface area contributed by atoms with Gasteiger partial charge in [0.15, 0.2) is 6.19 Å². The van der Waals surface area contributed by atoms with E-state index in [9.17, 15) is 0 Å². The lowest BCUT2D eigenvalue weighted by Crippen LogP contribution is -2.30. The van der Waals surface area contributed by atoms with Gasteiger partial charge in [0.05, 0.1) is 18.8 Å². The fourth-order valence-electron chi connectivity index (χ4n) is 1.16. The van der Waals surface area contributed by atoms with Crippen molar-refractivity contribution in [1.82, 2.24) is 4.90 Å². The molecule has 0 saturated heterocycles. The van der Waals surface area contributed by atoms with Crippen molar-refractivity contribution >= 4 is 17.7 Å². The van der Waals surface area contributed by atoms with Crippen LogP contribution in [0.15, 0.2) is 21.5 Å². The molecular weight excluding hydrogens is 250 g/mol. The van der Waals surface area contributed by atoms with Gasteiger partial charge in [-0.05, 0) is 12.1 Å². The lowest BCUT2D eigenvalue weighted by atomic mass is 10.4. The Bertz CT molecular complexity index is 437.